The number of hydrogen-bond acceptors (Lipinski definition) is 4. The maximum Gasteiger partial charge on any atom is 0.222 e. The molecule has 0 spiro atoms. The number of anilines is 1. The van der Waals surface area contributed by atoms with E-state index in [1.807, 2.05) is 31.4 Å². The van der Waals surface area contributed by atoms with Crippen molar-refractivity contribution in [1.82, 2.24) is 14.8 Å². The van der Waals surface area contributed by atoms with Gasteiger partial charge in [0.15, 0.2) is 0 Å². The number of benzene rings is 1. The molecule has 27 heavy (non-hydrogen) atoms. The molecule has 2 aromatic rings. The molecule has 0 saturated carbocycles. The molecule has 0 radical (unpaired) electrons. The van der Waals surface area contributed by atoms with Crippen LogP contribution in [0.25, 0.3) is 0 Å². The molecule has 0 N–H and O–H groups in total. The monoisotopic (exact) mass is 366 g/mol. The van der Waals surface area contributed by atoms with Crippen LogP contribution in [0.15, 0.2) is 48.8 Å². The Kier molecular flexibility index (Phi) is 6.82. The molecular weight excluding hydrogens is 336 g/mol. The van der Waals surface area contributed by atoms with Gasteiger partial charge in [-0.2, -0.15) is 0 Å². The van der Waals surface area contributed by atoms with Gasteiger partial charge in [0.05, 0.1) is 0 Å². The minimum absolute atomic E-state index is 0.275. The number of nitrogens with zero attached hydrogens (tertiary/aromatic N) is 4. The molecule has 5 heteroatoms. The lowest BCUT2D eigenvalue weighted by atomic mass is 10.1. The van der Waals surface area contributed by atoms with Gasteiger partial charge in [-0.15, -0.1) is 0 Å². The third-order valence-corrected chi connectivity index (χ3v) is 5.18. The molecule has 0 aliphatic carbocycles. The summed E-state index contributed by atoms with van der Waals surface area (Å²) >= 11 is 0. The van der Waals surface area contributed by atoms with E-state index in [1.165, 1.54) is 16.8 Å². The van der Waals surface area contributed by atoms with Crippen LogP contribution < -0.4 is 4.90 Å². The average Bonchev–Trinajstić information content (AvgIpc) is 2.93. The van der Waals surface area contributed by atoms with Crippen LogP contribution in [0.2, 0.25) is 0 Å². The summed E-state index contributed by atoms with van der Waals surface area (Å²) in [4.78, 5) is 23.3. The Morgan fingerprint density at radius 3 is 2.41 bits per heavy atom. The van der Waals surface area contributed by atoms with E-state index in [-0.39, 0.29) is 5.91 Å². The lowest BCUT2D eigenvalue weighted by Crippen LogP contribution is -2.35. The first-order valence-electron chi connectivity index (χ1n) is 9.77. The summed E-state index contributed by atoms with van der Waals surface area (Å²) in [5.74, 6) is 0.275. The topological polar surface area (TPSA) is 39.7 Å². The maximum absolute atomic E-state index is 12.7. The molecule has 1 aromatic heterocycles. The van der Waals surface area contributed by atoms with Gasteiger partial charge in [0.1, 0.15) is 0 Å². The van der Waals surface area contributed by atoms with E-state index in [0.717, 1.165) is 45.6 Å². The highest BCUT2D eigenvalue weighted by Crippen LogP contribution is 2.15. The number of carbonyl (C=O) groups excluding carboxylic acids is 1. The molecule has 0 atom stereocenters. The predicted octanol–water partition coefficient (Wildman–Crippen LogP) is 2.81. The van der Waals surface area contributed by atoms with E-state index < -0.39 is 0 Å². The van der Waals surface area contributed by atoms with Gasteiger partial charge in [-0.3, -0.25) is 14.7 Å². The molecule has 2 heterocycles. The van der Waals surface area contributed by atoms with Crippen LogP contribution in [0.4, 0.5) is 5.69 Å². The molecule has 144 valence electrons. The normalized spacial score (nSPS) is 15.4. The minimum atomic E-state index is 0.275. The van der Waals surface area contributed by atoms with Gasteiger partial charge in [0, 0.05) is 71.3 Å². The van der Waals surface area contributed by atoms with E-state index >= 15 is 0 Å². The number of pyridine rings is 1. The second-order valence-corrected chi connectivity index (χ2v) is 7.43. The van der Waals surface area contributed by atoms with E-state index in [2.05, 4.69) is 51.2 Å². The summed E-state index contributed by atoms with van der Waals surface area (Å²) in [7, 11) is 4.08. The Hall–Kier alpha value is -2.40. The summed E-state index contributed by atoms with van der Waals surface area (Å²) in [6.45, 7) is 4.60. The fourth-order valence-corrected chi connectivity index (χ4v) is 3.49. The van der Waals surface area contributed by atoms with Crippen molar-refractivity contribution < 1.29 is 4.79 Å². The Labute approximate surface area is 162 Å². The molecule has 0 unspecified atom stereocenters. The molecule has 0 bridgehead atoms. The molecular formula is C22H30N4O. The Morgan fingerprint density at radius 1 is 0.963 bits per heavy atom. The van der Waals surface area contributed by atoms with Crippen LogP contribution in [-0.2, 0) is 17.8 Å². The number of hydrogen-bond donors (Lipinski definition) is 0. The molecule has 1 saturated heterocycles. The zero-order valence-electron chi connectivity index (χ0n) is 16.5. The summed E-state index contributed by atoms with van der Waals surface area (Å²) in [5, 5.41) is 0. The van der Waals surface area contributed by atoms with Crippen LogP contribution in [0.5, 0.6) is 0 Å². The lowest BCUT2D eigenvalue weighted by molar-refractivity contribution is -0.131. The third kappa shape index (κ3) is 5.79. The molecule has 3 rings (SSSR count). The van der Waals surface area contributed by atoms with Gasteiger partial charge >= 0.3 is 0 Å². The highest BCUT2D eigenvalue weighted by atomic mass is 16.2. The highest BCUT2D eigenvalue weighted by molar-refractivity contribution is 5.76. The molecule has 5 nitrogen and oxygen atoms in total. The van der Waals surface area contributed by atoms with Crippen molar-refractivity contribution in [3.8, 4) is 0 Å². The molecule has 1 amide bonds. The average molecular weight is 367 g/mol. The van der Waals surface area contributed by atoms with Gasteiger partial charge in [0.25, 0.3) is 0 Å². The summed E-state index contributed by atoms with van der Waals surface area (Å²) in [5.41, 5.74) is 3.70. The first-order valence-corrected chi connectivity index (χ1v) is 9.77. The van der Waals surface area contributed by atoms with Crippen molar-refractivity contribution in [2.24, 2.45) is 0 Å². The van der Waals surface area contributed by atoms with Crippen LogP contribution in [0, 0.1) is 0 Å². The summed E-state index contributed by atoms with van der Waals surface area (Å²) in [6.07, 6.45) is 6.12. The Bertz CT molecular complexity index is 715. The minimum Gasteiger partial charge on any atom is -0.378 e. The zero-order valence-corrected chi connectivity index (χ0v) is 16.5. The number of aromatic nitrogens is 1. The van der Waals surface area contributed by atoms with Crippen molar-refractivity contribution in [3.05, 3.63) is 59.9 Å². The van der Waals surface area contributed by atoms with Gasteiger partial charge in [-0.05, 0) is 48.2 Å². The second-order valence-electron chi connectivity index (χ2n) is 7.43. The Balaban J connectivity index is 1.46. The van der Waals surface area contributed by atoms with Crippen molar-refractivity contribution in [2.75, 3.05) is 45.2 Å². The van der Waals surface area contributed by atoms with Crippen LogP contribution in [-0.4, -0.2) is 61.0 Å². The van der Waals surface area contributed by atoms with Crippen LogP contribution in [0.1, 0.15) is 24.0 Å². The van der Waals surface area contributed by atoms with E-state index in [0.29, 0.717) is 6.42 Å². The SMILES string of the molecule is CN(C)c1ccc(CCC(=O)N2CCCN(Cc3ccncc3)CC2)cc1. The van der Waals surface area contributed by atoms with Crippen molar-refractivity contribution >= 4 is 11.6 Å². The molecule has 1 fully saturated rings. The smallest absolute Gasteiger partial charge is 0.222 e. The standard InChI is InChI=1S/C22H30N4O/c1-24(2)21-7-4-19(5-8-21)6-9-22(27)26-15-3-14-25(16-17-26)18-20-10-12-23-13-11-20/h4-5,7-8,10-13H,3,6,9,14-18H2,1-2H3. The summed E-state index contributed by atoms with van der Waals surface area (Å²) in [6, 6.07) is 12.6. The molecule has 1 aliphatic rings. The van der Waals surface area contributed by atoms with Crippen molar-refractivity contribution in [3.63, 3.8) is 0 Å². The largest absolute Gasteiger partial charge is 0.378 e. The van der Waals surface area contributed by atoms with Crippen LogP contribution >= 0.6 is 0 Å². The maximum atomic E-state index is 12.7. The molecule has 1 aliphatic heterocycles. The van der Waals surface area contributed by atoms with E-state index in [4.69, 9.17) is 0 Å². The van der Waals surface area contributed by atoms with Gasteiger partial charge in [-0.1, -0.05) is 12.1 Å². The summed E-state index contributed by atoms with van der Waals surface area (Å²) < 4.78 is 0. The predicted molar refractivity (Wildman–Crippen MR) is 110 cm³/mol. The first kappa shape index (κ1) is 19.4. The number of aryl methyl sites for hydroxylation is 1. The van der Waals surface area contributed by atoms with Crippen molar-refractivity contribution in [2.45, 2.75) is 25.8 Å². The zero-order chi connectivity index (χ0) is 19.1. The fraction of sp³-hybridized carbons (Fsp3) is 0.455. The van der Waals surface area contributed by atoms with Crippen molar-refractivity contribution in [1.29, 1.82) is 0 Å². The van der Waals surface area contributed by atoms with Crippen LogP contribution in [0.3, 0.4) is 0 Å². The van der Waals surface area contributed by atoms with E-state index in [1.54, 1.807) is 0 Å². The second kappa shape index (κ2) is 9.51. The highest BCUT2D eigenvalue weighted by Gasteiger charge is 2.19. The number of rotatable bonds is 6. The lowest BCUT2D eigenvalue weighted by Gasteiger charge is -2.22. The van der Waals surface area contributed by atoms with Gasteiger partial charge < -0.3 is 9.80 Å². The van der Waals surface area contributed by atoms with Gasteiger partial charge in [-0.25, -0.2) is 0 Å². The Morgan fingerprint density at radius 2 is 1.70 bits per heavy atom. The quantitative estimate of drug-likeness (QED) is 0.788. The van der Waals surface area contributed by atoms with E-state index in [9.17, 15) is 4.79 Å². The fourth-order valence-electron chi connectivity index (χ4n) is 3.49. The first-order chi connectivity index (χ1) is 13.1. The third-order valence-electron chi connectivity index (χ3n) is 5.18. The number of carbonyl (C=O) groups is 1. The number of amides is 1. The van der Waals surface area contributed by atoms with Gasteiger partial charge in [0.2, 0.25) is 5.91 Å². The molecule has 1 aromatic carbocycles.